The molecule has 0 radical (unpaired) electrons. The second kappa shape index (κ2) is 4.67. The van der Waals surface area contributed by atoms with Crippen LogP contribution in [0.2, 0.25) is 0 Å². The molecular weight excluding hydrogens is 225 g/mol. The van der Waals surface area contributed by atoms with Crippen LogP contribution >= 0.6 is 0 Å². The molecule has 0 unspecified atom stereocenters. The molecule has 1 saturated heterocycles. The van der Waals surface area contributed by atoms with Crippen molar-refractivity contribution in [3.8, 4) is 0 Å². The Balaban J connectivity index is 2.27. The molecule has 0 aliphatic carbocycles. The van der Waals surface area contributed by atoms with Gasteiger partial charge in [-0.05, 0) is 18.9 Å². The van der Waals surface area contributed by atoms with Gasteiger partial charge in [0.25, 0.3) is 0 Å². The molecule has 0 spiro atoms. The average molecular weight is 239 g/mol. The van der Waals surface area contributed by atoms with E-state index in [0.717, 1.165) is 18.9 Å². The minimum absolute atomic E-state index is 0.108. The van der Waals surface area contributed by atoms with E-state index in [-0.39, 0.29) is 17.4 Å². The molecule has 6 heteroatoms. The molecular formula is C11H14FN3O2. The lowest BCUT2D eigenvalue weighted by Gasteiger charge is -2.31. The maximum atomic E-state index is 13.9. The number of carboxylic acids is 1. The number of aromatic carboxylic acids is 1. The summed E-state index contributed by atoms with van der Waals surface area (Å²) in [5.41, 5.74) is 5.41. The van der Waals surface area contributed by atoms with Crippen molar-refractivity contribution < 1.29 is 14.3 Å². The molecule has 0 atom stereocenters. The predicted molar refractivity (Wildman–Crippen MR) is 60.6 cm³/mol. The zero-order valence-corrected chi connectivity index (χ0v) is 9.27. The van der Waals surface area contributed by atoms with Gasteiger partial charge in [-0.15, -0.1) is 0 Å². The predicted octanol–water partition coefficient (Wildman–Crippen LogP) is 0.846. The Hall–Kier alpha value is -1.69. The third-order valence-electron chi connectivity index (χ3n) is 2.94. The SMILES string of the molecule is NC1CCN(c2nccc(C(=O)O)c2F)CC1. The monoisotopic (exact) mass is 239 g/mol. The summed E-state index contributed by atoms with van der Waals surface area (Å²) in [7, 11) is 0. The van der Waals surface area contributed by atoms with Crippen LogP contribution in [0.15, 0.2) is 12.3 Å². The maximum Gasteiger partial charge on any atom is 0.338 e. The fraction of sp³-hybridized carbons (Fsp3) is 0.455. The van der Waals surface area contributed by atoms with Crippen LogP contribution in [0.5, 0.6) is 0 Å². The Morgan fingerprint density at radius 3 is 2.76 bits per heavy atom. The van der Waals surface area contributed by atoms with Gasteiger partial charge in [0, 0.05) is 25.3 Å². The van der Waals surface area contributed by atoms with E-state index in [1.807, 2.05) is 0 Å². The van der Waals surface area contributed by atoms with Crippen LogP contribution in [0.1, 0.15) is 23.2 Å². The summed E-state index contributed by atoms with van der Waals surface area (Å²) in [6.45, 7) is 1.21. The smallest absolute Gasteiger partial charge is 0.338 e. The molecule has 0 amide bonds. The number of pyridine rings is 1. The molecule has 1 aromatic heterocycles. The normalized spacial score (nSPS) is 17.2. The topological polar surface area (TPSA) is 79.5 Å². The molecule has 0 bridgehead atoms. The van der Waals surface area contributed by atoms with Crippen molar-refractivity contribution in [1.29, 1.82) is 0 Å². The highest BCUT2D eigenvalue weighted by molar-refractivity contribution is 5.88. The molecule has 1 aromatic rings. The number of carbonyl (C=O) groups is 1. The lowest BCUT2D eigenvalue weighted by molar-refractivity contribution is 0.0691. The molecule has 3 N–H and O–H groups in total. The summed E-state index contributed by atoms with van der Waals surface area (Å²) >= 11 is 0. The van der Waals surface area contributed by atoms with Crippen LogP contribution in [0.25, 0.3) is 0 Å². The fourth-order valence-electron chi connectivity index (χ4n) is 1.93. The number of rotatable bonds is 2. The minimum atomic E-state index is -1.28. The van der Waals surface area contributed by atoms with E-state index in [1.165, 1.54) is 6.20 Å². The molecule has 0 aromatic carbocycles. The number of carboxylic acid groups (broad SMARTS) is 1. The summed E-state index contributed by atoms with van der Waals surface area (Å²) in [4.78, 5) is 16.5. The Bertz CT molecular complexity index is 431. The van der Waals surface area contributed by atoms with Crippen molar-refractivity contribution in [1.82, 2.24) is 4.98 Å². The molecule has 5 nitrogen and oxygen atoms in total. The van der Waals surface area contributed by atoms with Crippen molar-refractivity contribution in [3.63, 3.8) is 0 Å². The average Bonchev–Trinajstić information content (AvgIpc) is 2.30. The summed E-state index contributed by atoms with van der Waals surface area (Å²) in [5.74, 6) is -1.94. The fourth-order valence-corrected chi connectivity index (χ4v) is 1.93. The van der Waals surface area contributed by atoms with Crippen molar-refractivity contribution in [3.05, 3.63) is 23.6 Å². The van der Waals surface area contributed by atoms with Gasteiger partial charge >= 0.3 is 5.97 Å². The molecule has 2 rings (SSSR count). The standard InChI is InChI=1S/C11H14FN3O2/c12-9-8(11(16)17)1-4-14-10(9)15-5-2-7(13)3-6-15/h1,4,7H,2-3,5-6,13H2,(H,16,17). The van der Waals surface area contributed by atoms with E-state index in [9.17, 15) is 9.18 Å². The van der Waals surface area contributed by atoms with Crippen LogP contribution < -0.4 is 10.6 Å². The van der Waals surface area contributed by atoms with Crippen molar-refractivity contribution >= 4 is 11.8 Å². The van der Waals surface area contributed by atoms with Gasteiger partial charge in [0.1, 0.15) is 5.56 Å². The van der Waals surface area contributed by atoms with Gasteiger partial charge in [-0.25, -0.2) is 14.2 Å². The van der Waals surface area contributed by atoms with E-state index in [2.05, 4.69) is 4.98 Å². The Morgan fingerprint density at radius 2 is 2.18 bits per heavy atom. The molecule has 1 aliphatic rings. The van der Waals surface area contributed by atoms with Crippen LogP contribution in [-0.4, -0.2) is 35.2 Å². The van der Waals surface area contributed by atoms with Crippen molar-refractivity contribution in [2.24, 2.45) is 5.73 Å². The van der Waals surface area contributed by atoms with Crippen molar-refractivity contribution in [2.45, 2.75) is 18.9 Å². The van der Waals surface area contributed by atoms with E-state index < -0.39 is 11.8 Å². The number of anilines is 1. The first-order chi connectivity index (χ1) is 8.09. The largest absolute Gasteiger partial charge is 0.478 e. The zero-order valence-electron chi connectivity index (χ0n) is 9.27. The molecule has 92 valence electrons. The Morgan fingerprint density at radius 1 is 1.53 bits per heavy atom. The lowest BCUT2D eigenvalue weighted by atomic mass is 10.1. The van der Waals surface area contributed by atoms with Crippen LogP contribution in [0.4, 0.5) is 10.2 Å². The van der Waals surface area contributed by atoms with Gasteiger partial charge in [0.2, 0.25) is 0 Å². The molecule has 2 heterocycles. The van der Waals surface area contributed by atoms with Gasteiger partial charge in [-0.3, -0.25) is 0 Å². The van der Waals surface area contributed by atoms with Crippen LogP contribution in [0.3, 0.4) is 0 Å². The third-order valence-corrected chi connectivity index (χ3v) is 2.94. The van der Waals surface area contributed by atoms with E-state index in [0.29, 0.717) is 13.1 Å². The number of halogens is 1. The Kier molecular flexibility index (Phi) is 3.23. The summed E-state index contributed by atoms with van der Waals surface area (Å²) in [5, 5.41) is 8.82. The lowest BCUT2D eigenvalue weighted by Crippen LogP contribution is -2.40. The van der Waals surface area contributed by atoms with Gasteiger partial charge < -0.3 is 15.7 Å². The first-order valence-corrected chi connectivity index (χ1v) is 5.48. The highest BCUT2D eigenvalue weighted by Gasteiger charge is 2.23. The zero-order chi connectivity index (χ0) is 12.4. The Labute approximate surface area is 98.1 Å². The van der Waals surface area contributed by atoms with Crippen LogP contribution in [0, 0.1) is 5.82 Å². The number of piperidine rings is 1. The van der Waals surface area contributed by atoms with Gasteiger partial charge in [0.05, 0.1) is 0 Å². The van der Waals surface area contributed by atoms with Gasteiger partial charge in [-0.2, -0.15) is 0 Å². The summed E-state index contributed by atoms with van der Waals surface area (Å²) in [6.07, 6.45) is 2.84. The quantitative estimate of drug-likeness (QED) is 0.799. The first kappa shape index (κ1) is 11.8. The highest BCUT2D eigenvalue weighted by Crippen LogP contribution is 2.22. The number of aromatic nitrogens is 1. The summed E-state index contributed by atoms with van der Waals surface area (Å²) in [6, 6.07) is 1.30. The van der Waals surface area contributed by atoms with Gasteiger partial charge in [0.15, 0.2) is 11.6 Å². The maximum absolute atomic E-state index is 13.9. The molecule has 1 aliphatic heterocycles. The first-order valence-electron chi connectivity index (χ1n) is 5.48. The second-order valence-electron chi connectivity index (χ2n) is 4.13. The molecule has 17 heavy (non-hydrogen) atoms. The second-order valence-corrected chi connectivity index (χ2v) is 4.13. The van der Waals surface area contributed by atoms with Gasteiger partial charge in [-0.1, -0.05) is 0 Å². The summed E-state index contributed by atoms with van der Waals surface area (Å²) < 4.78 is 13.9. The van der Waals surface area contributed by atoms with Crippen molar-refractivity contribution in [2.75, 3.05) is 18.0 Å². The molecule has 0 saturated carbocycles. The minimum Gasteiger partial charge on any atom is -0.478 e. The number of hydrogen-bond acceptors (Lipinski definition) is 4. The third kappa shape index (κ3) is 2.36. The number of nitrogens with two attached hydrogens (primary N) is 1. The number of nitrogens with zero attached hydrogens (tertiary/aromatic N) is 2. The highest BCUT2D eigenvalue weighted by atomic mass is 19.1. The van der Waals surface area contributed by atoms with E-state index >= 15 is 0 Å². The van der Waals surface area contributed by atoms with E-state index in [1.54, 1.807) is 4.90 Å². The van der Waals surface area contributed by atoms with E-state index in [4.69, 9.17) is 10.8 Å². The number of hydrogen-bond donors (Lipinski definition) is 2. The molecule has 1 fully saturated rings. The van der Waals surface area contributed by atoms with Crippen LogP contribution in [-0.2, 0) is 0 Å².